The van der Waals surface area contributed by atoms with Crippen molar-refractivity contribution in [2.45, 2.75) is 52.9 Å². The van der Waals surface area contributed by atoms with E-state index in [9.17, 15) is 14.4 Å². The van der Waals surface area contributed by atoms with E-state index in [4.69, 9.17) is 9.47 Å². The minimum Gasteiger partial charge on any atom is -0.464 e. The average Bonchev–Trinajstić information content (AvgIpc) is 2.67. The molecule has 0 aliphatic rings. The van der Waals surface area contributed by atoms with Crippen LogP contribution >= 0.6 is 0 Å². The van der Waals surface area contributed by atoms with Crippen LogP contribution in [-0.4, -0.2) is 44.1 Å². The van der Waals surface area contributed by atoms with Crippen LogP contribution in [0.3, 0.4) is 0 Å². The molecule has 1 rings (SSSR count). The second-order valence-electron chi connectivity index (χ2n) is 6.38. The van der Waals surface area contributed by atoms with Crippen molar-refractivity contribution in [3.05, 3.63) is 24.3 Å². The molecule has 0 unspecified atom stereocenters. The van der Waals surface area contributed by atoms with E-state index in [1.165, 1.54) is 0 Å². The second kappa shape index (κ2) is 13.6. The molecule has 0 bridgehead atoms. The number of carbonyl (C=O) groups is 3. The number of amides is 1. The van der Waals surface area contributed by atoms with E-state index in [0.717, 1.165) is 18.5 Å². The van der Waals surface area contributed by atoms with Crippen molar-refractivity contribution < 1.29 is 23.9 Å². The highest BCUT2D eigenvalue weighted by Gasteiger charge is 2.11. The number of ether oxygens (including phenoxy) is 2. The molecule has 1 aromatic carbocycles. The van der Waals surface area contributed by atoms with Crippen LogP contribution in [-0.2, 0) is 23.9 Å². The third-order valence-corrected chi connectivity index (χ3v) is 3.97. The Labute approximate surface area is 167 Å². The van der Waals surface area contributed by atoms with Gasteiger partial charge in [-0.15, -0.1) is 0 Å². The minimum absolute atomic E-state index is 0.0642. The molecule has 0 heterocycles. The third-order valence-electron chi connectivity index (χ3n) is 3.97. The maximum Gasteiger partial charge on any atom is 0.305 e. The standard InChI is InChI=1S/C21H32N2O5/c1-4-8-20(25)27-14-12-23(13-15-28-21(26)9-5-2)18-11-7-10-17(16-18)22-19(24)6-3/h7,10-11,16H,4-6,8-9,12-15H2,1-3H3,(H,22,24). The molecule has 0 saturated heterocycles. The van der Waals surface area contributed by atoms with Crippen molar-refractivity contribution in [3.63, 3.8) is 0 Å². The van der Waals surface area contributed by atoms with Gasteiger partial charge in [0.25, 0.3) is 0 Å². The van der Waals surface area contributed by atoms with Gasteiger partial charge in [-0.2, -0.15) is 0 Å². The zero-order valence-electron chi connectivity index (χ0n) is 17.2. The molecule has 7 heteroatoms. The van der Waals surface area contributed by atoms with Crippen molar-refractivity contribution in [3.8, 4) is 0 Å². The van der Waals surface area contributed by atoms with Gasteiger partial charge >= 0.3 is 11.9 Å². The molecule has 1 N–H and O–H groups in total. The smallest absolute Gasteiger partial charge is 0.305 e. The number of nitrogens with zero attached hydrogens (tertiary/aromatic N) is 1. The summed E-state index contributed by atoms with van der Waals surface area (Å²) in [4.78, 5) is 36.8. The van der Waals surface area contributed by atoms with Crippen LogP contribution in [0.15, 0.2) is 24.3 Å². The summed E-state index contributed by atoms with van der Waals surface area (Å²) >= 11 is 0. The lowest BCUT2D eigenvalue weighted by Gasteiger charge is -2.25. The number of nitrogens with one attached hydrogen (secondary N) is 1. The summed E-state index contributed by atoms with van der Waals surface area (Å²) in [5.41, 5.74) is 1.55. The molecule has 0 aliphatic heterocycles. The monoisotopic (exact) mass is 392 g/mol. The Morgan fingerprint density at radius 1 is 0.929 bits per heavy atom. The summed E-state index contributed by atoms with van der Waals surface area (Å²) in [6.07, 6.45) is 2.68. The summed E-state index contributed by atoms with van der Waals surface area (Å²) in [7, 11) is 0. The van der Waals surface area contributed by atoms with E-state index >= 15 is 0 Å². The third kappa shape index (κ3) is 9.39. The first-order valence-corrected chi connectivity index (χ1v) is 9.96. The minimum atomic E-state index is -0.221. The summed E-state index contributed by atoms with van der Waals surface area (Å²) in [6, 6.07) is 7.43. The Kier molecular flexibility index (Phi) is 11.4. The van der Waals surface area contributed by atoms with Gasteiger partial charge in [0.2, 0.25) is 5.91 Å². The average molecular weight is 392 g/mol. The second-order valence-corrected chi connectivity index (χ2v) is 6.38. The van der Waals surface area contributed by atoms with E-state index in [-0.39, 0.29) is 31.1 Å². The largest absolute Gasteiger partial charge is 0.464 e. The number of benzene rings is 1. The van der Waals surface area contributed by atoms with Gasteiger partial charge in [-0.3, -0.25) is 14.4 Å². The van der Waals surface area contributed by atoms with E-state index in [2.05, 4.69) is 5.32 Å². The van der Waals surface area contributed by atoms with E-state index in [0.29, 0.717) is 38.0 Å². The van der Waals surface area contributed by atoms with E-state index in [1.807, 2.05) is 43.0 Å². The molecule has 0 aliphatic carbocycles. The number of hydrogen-bond acceptors (Lipinski definition) is 6. The van der Waals surface area contributed by atoms with Gasteiger partial charge in [-0.25, -0.2) is 0 Å². The number of hydrogen-bond donors (Lipinski definition) is 1. The van der Waals surface area contributed by atoms with Gasteiger partial charge in [0.05, 0.1) is 13.1 Å². The predicted molar refractivity (Wildman–Crippen MR) is 109 cm³/mol. The molecular formula is C21H32N2O5. The van der Waals surface area contributed by atoms with Crippen LogP contribution in [0.25, 0.3) is 0 Å². The van der Waals surface area contributed by atoms with Crippen LogP contribution in [0.5, 0.6) is 0 Å². The van der Waals surface area contributed by atoms with Gasteiger partial charge in [0.15, 0.2) is 0 Å². The number of carbonyl (C=O) groups excluding carboxylic acids is 3. The maximum atomic E-state index is 11.6. The van der Waals surface area contributed by atoms with Crippen LogP contribution in [0.1, 0.15) is 52.9 Å². The molecule has 0 radical (unpaired) electrons. The molecule has 28 heavy (non-hydrogen) atoms. The highest BCUT2D eigenvalue weighted by Crippen LogP contribution is 2.19. The van der Waals surface area contributed by atoms with Crippen molar-refractivity contribution in [1.82, 2.24) is 0 Å². The lowest BCUT2D eigenvalue weighted by molar-refractivity contribution is -0.143. The summed E-state index contributed by atoms with van der Waals surface area (Å²) in [5.74, 6) is -0.507. The fourth-order valence-corrected chi connectivity index (χ4v) is 2.49. The van der Waals surface area contributed by atoms with E-state index < -0.39 is 0 Å². The number of rotatable bonds is 13. The Balaban J connectivity index is 2.75. The Morgan fingerprint density at radius 3 is 2.00 bits per heavy atom. The highest BCUT2D eigenvalue weighted by molar-refractivity contribution is 5.91. The normalized spacial score (nSPS) is 10.2. The van der Waals surface area contributed by atoms with Crippen molar-refractivity contribution in [2.24, 2.45) is 0 Å². The SMILES string of the molecule is CCCC(=O)OCCN(CCOC(=O)CCC)c1cccc(NC(=O)CC)c1. The number of anilines is 2. The molecule has 1 amide bonds. The lowest BCUT2D eigenvalue weighted by Crippen LogP contribution is -2.32. The van der Waals surface area contributed by atoms with Gasteiger partial charge < -0.3 is 19.7 Å². The molecule has 0 fully saturated rings. The first-order valence-electron chi connectivity index (χ1n) is 9.96. The molecule has 0 aromatic heterocycles. The first kappa shape index (κ1) is 23.5. The van der Waals surface area contributed by atoms with Crippen LogP contribution in [0.2, 0.25) is 0 Å². The molecule has 0 atom stereocenters. The van der Waals surface area contributed by atoms with E-state index in [1.54, 1.807) is 6.92 Å². The molecule has 0 spiro atoms. The molecular weight excluding hydrogens is 360 g/mol. The Bertz CT molecular complexity index is 609. The predicted octanol–water partition coefficient (Wildman–Crippen LogP) is 3.53. The zero-order valence-corrected chi connectivity index (χ0v) is 17.2. The Morgan fingerprint density at radius 2 is 1.50 bits per heavy atom. The highest BCUT2D eigenvalue weighted by atomic mass is 16.5. The summed E-state index contributed by atoms with van der Waals surface area (Å²) in [6.45, 7) is 7.06. The van der Waals surface area contributed by atoms with Gasteiger partial charge in [-0.05, 0) is 31.0 Å². The van der Waals surface area contributed by atoms with Crippen molar-refractivity contribution in [2.75, 3.05) is 36.5 Å². The van der Waals surface area contributed by atoms with Crippen LogP contribution in [0.4, 0.5) is 11.4 Å². The van der Waals surface area contributed by atoms with Gasteiger partial charge in [0.1, 0.15) is 13.2 Å². The van der Waals surface area contributed by atoms with Crippen molar-refractivity contribution in [1.29, 1.82) is 0 Å². The molecule has 156 valence electrons. The van der Waals surface area contributed by atoms with Crippen LogP contribution in [0, 0.1) is 0 Å². The fourth-order valence-electron chi connectivity index (χ4n) is 2.49. The van der Waals surface area contributed by atoms with Crippen molar-refractivity contribution >= 4 is 29.2 Å². The lowest BCUT2D eigenvalue weighted by atomic mass is 10.2. The zero-order chi connectivity index (χ0) is 20.8. The molecule has 1 aromatic rings. The van der Waals surface area contributed by atoms with Crippen LogP contribution < -0.4 is 10.2 Å². The number of esters is 2. The maximum absolute atomic E-state index is 11.6. The topological polar surface area (TPSA) is 84.9 Å². The fraction of sp³-hybridized carbons (Fsp3) is 0.571. The first-order chi connectivity index (χ1) is 13.5. The Hall–Kier alpha value is -2.57. The molecule has 7 nitrogen and oxygen atoms in total. The molecule has 0 saturated carbocycles. The van der Waals surface area contributed by atoms with Gasteiger partial charge in [-0.1, -0.05) is 26.8 Å². The summed E-state index contributed by atoms with van der Waals surface area (Å²) < 4.78 is 10.5. The van der Waals surface area contributed by atoms with Gasteiger partial charge in [0, 0.05) is 30.6 Å². The quantitative estimate of drug-likeness (QED) is 0.517. The summed E-state index contributed by atoms with van der Waals surface area (Å²) in [5, 5.41) is 2.83.